The Balaban J connectivity index is 2.30. The molecule has 1 heterocycles. The van der Waals surface area contributed by atoms with Crippen molar-refractivity contribution < 1.29 is 19.1 Å². The van der Waals surface area contributed by atoms with E-state index in [0.29, 0.717) is 18.7 Å². The van der Waals surface area contributed by atoms with Crippen molar-refractivity contribution in [1.82, 2.24) is 10.6 Å². The third-order valence-corrected chi connectivity index (χ3v) is 2.30. The highest BCUT2D eigenvalue weighted by molar-refractivity contribution is 5.88. The molecule has 0 aromatic carbocycles. The van der Waals surface area contributed by atoms with Crippen LogP contribution in [0, 0.1) is 0 Å². The van der Waals surface area contributed by atoms with Crippen LogP contribution in [0.3, 0.4) is 0 Å². The van der Waals surface area contributed by atoms with Gasteiger partial charge in [-0.15, -0.1) is 0 Å². The number of aromatic carboxylic acids is 1. The van der Waals surface area contributed by atoms with Crippen molar-refractivity contribution in [2.75, 3.05) is 6.54 Å². The molecule has 0 unspecified atom stereocenters. The molecule has 0 bridgehead atoms. The Kier molecular flexibility index (Phi) is 5.11. The Morgan fingerprint density at radius 1 is 1.37 bits per heavy atom. The number of carbonyl (C=O) groups is 2. The number of furan rings is 1. The molecule has 0 fully saturated rings. The maximum atomic E-state index is 11.5. The molecule has 0 aliphatic carbocycles. The van der Waals surface area contributed by atoms with Crippen LogP contribution >= 0.6 is 0 Å². The number of hydrogen-bond donors (Lipinski definition) is 3. The van der Waals surface area contributed by atoms with E-state index in [1.807, 2.05) is 20.8 Å². The monoisotopic (exact) mass is 268 g/mol. The van der Waals surface area contributed by atoms with Gasteiger partial charge in [0.05, 0.1) is 12.8 Å². The van der Waals surface area contributed by atoms with E-state index in [1.165, 1.54) is 12.3 Å². The van der Waals surface area contributed by atoms with Crippen molar-refractivity contribution in [3.05, 3.63) is 23.7 Å². The van der Waals surface area contributed by atoms with Gasteiger partial charge in [0.1, 0.15) is 11.3 Å². The van der Waals surface area contributed by atoms with E-state index in [-0.39, 0.29) is 23.6 Å². The van der Waals surface area contributed by atoms with Gasteiger partial charge in [0.2, 0.25) is 5.91 Å². The minimum Gasteiger partial charge on any atom is -0.478 e. The second kappa shape index (κ2) is 6.38. The summed E-state index contributed by atoms with van der Waals surface area (Å²) in [6, 6.07) is 1.41. The molecule has 1 aromatic heterocycles. The average Bonchev–Trinajstić information content (AvgIpc) is 2.70. The first-order chi connectivity index (χ1) is 8.79. The molecule has 6 heteroatoms. The van der Waals surface area contributed by atoms with Gasteiger partial charge in [-0.05, 0) is 26.8 Å². The fraction of sp³-hybridized carbons (Fsp3) is 0.538. The van der Waals surface area contributed by atoms with Gasteiger partial charge in [-0.1, -0.05) is 0 Å². The Morgan fingerprint density at radius 3 is 2.63 bits per heavy atom. The minimum atomic E-state index is -1.02. The van der Waals surface area contributed by atoms with Crippen LogP contribution in [-0.2, 0) is 11.3 Å². The van der Waals surface area contributed by atoms with Crippen molar-refractivity contribution in [2.24, 2.45) is 0 Å². The lowest BCUT2D eigenvalue weighted by Crippen LogP contribution is -2.41. The van der Waals surface area contributed by atoms with Gasteiger partial charge in [-0.2, -0.15) is 0 Å². The molecule has 6 nitrogen and oxygen atoms in total. The maximum absolute atomic E-state index is 11.5. The fourth-order valence-electron chi connectivity index (χ4n) is 1.55. The number of carboxylic acids is 1. The lowest BCUT2D eigenvalue weighted by molar-refractivity contribution is -0.122. The molecule has 106 valence electrons. The van der Waals surface area contributed by atoms with E-state index < -0.39 is 5.97 Å². The van der Waals surface area contributed by atoms with Gasteiger partial charge in [-0.3, -0.25) is 4.79 Å². The lowest BCUT2D eigenvalue weighted by atomic mass is 10.1. The van der Waals surface area contributed by atoms with Crippen LogP contribution in [-0.4, -0.2) is 29.1 Å². The predicted molar refractivity (Wildman–Crippen MR) is 69.9 cm³/mol. The Hall–Kier alpha value is -1.82. The topological polar surface area (TPSA) is 91.6 Å². The molecular formula is C13H20N2O4. The molecule has 0 aliphatic heterocycles. The Bertz CT molecular complexity index is 446. The van der Waals surface area contributed by atoms with E-state index in [1.54, 1.807) is 0 Å². The normalized spacial score (nSPS) is 11.3. The standard InChI is InChI=1S/C13H20N2O4/c1-13(2,3)15-11(16)4-6-14-8-10-9(12(17)18)5-7-19-10/h5,7,14H,4,6,8H2,1-3H3,(H,15,16)(H,17,18). The number of carboxylic acid groups (broad SMARTS) is 1. The highest BCUT2D eigenvalue weighted by atomic mass is 16.4. The number of amides is 1. The van der Waals surface area contributed by atoms with Gasteiger partial charge in [-0.25, -0.2) is 4.79 Å². The van der Waals surface area contributed by atoms with Crippen molar-refractivity contribution in [1.29, 1.82) is 0 Å². The molecular weight excluding hydrogens is 248 g/mol. The summed E-state index contributed by atoms with van der Waals surface area (Å²) in [6.07, 6.45) is 1.67. The van der Waals surface area contributed by atoms with Crippen LogP contribution in [0.1, 0.15) is 43.3 Å². The van der Waals surface area contributed by atoms with Crippen LogP contribution in [0.5, 0.6) is 0 Å². The second-order valence-corrected chi connectivity index (χ2v) is 5.29. The summed E-state index contributed by atoms with van der Waals surface area (Å²) in [5, 5.41) is 14.7. The van der Waals surface area contributed by atoms with Crippen molar-refractivity contribution in [3.63, 3.8) is 0 Å². The fourth-order valence-corrected chi connectivity index (χ4v) is 1.55. The zero-order valence-corrected chi connectivity index (χ0v) is 11.4. The second-order valence-electron chi connectivity index (χ2n) is 5.29. The molecule has 0 saturated heterocycles. The summed E-state index contributed by atoms with van der Waals surface area (Å²) in [5.74, 6) is -0.697. The highest BCUT2D eigenvalue weighted by Gasteiger charge is 2.14. The third kappa shape index (κ3) is 5.56. The van der Waals surface area contributed by atoms with E-state index in [2.05, 4.69) is 10.6 Å². The summed E-state index contributed by atoms with van der Waals surface area (Å²) in [5.41, 5.74) is -0.0965. The number of carbonyl (C=O) groups excluding carboxylic acids is 1. The first-order valence-corrected chi connectivity index (χ1v) is 6.11. The Labute approximate surface area is 112 Å². The van der Waals surface area contributed by atoms with Crippen LogP contribution in [0.15, 0.2) is 16.7 Å². The minimum absolute atomic E-state index is 0.0436. The van der Waals surface area contributed by atoms with Gasteiger partial charge < -0.3 is 20.2 Å². The molecule has 1 rings (SSSR count). The molecule has 0 aliphatic rings. The summed E-state index contributed by atoms with van der Waals surface area (Å²) in [6.45, 7) is 6.50. The van der Waals surface area contributed by atoms with E-state index >= 15 is 0 Å². The number of nitrogens with one attached hydrogen (secondary N) is 2. The van der Waals surface area contributed by atoms with E-state index in [9.17, 15) is 9.59 Å². The van der Waals surface area contributed by atoms with Crippen molar-refractivity contribution in [3.8, 4) is 0 Å². The quantitative estimate of drug-likeness (QED) is 0.678. The van der Waals surface area contributed by atoms with Crippen molar-refractivity contribution in [2.45, 2.75) is 39.3 Å². The van der Waals surface area contributed by atoms with Gasteiger partial charge >= 0.3 is 5.97 Å². The molecule has 3 N–H and O–H groups in total. The molecule has 0 spiro atoms. The molecule has 0 radical (unpaired) electrons. The van der Waals surface area contributed by atoms with E-state index in [4.69, 9.17) is 9.52 Å². The largest absolute Gasteiger partial charge is 0.478 e. The molecule has 0 saturated carbocycles. The average molecular weight is 268 g/mol. The summed E-state index contributed by atoms with van der Waals surface area (Å²) in [4.78, 5) is 22.4. The van der Waals surface area contributed by atoms with E-state index in [0.717, 1.165) is 0 Å². The van der Waals surface area contributed by atoms with Gasteiger partial charge in [0, 0.05) is 18.5 Å². The highest BCUT2D eigenvalue weighted by Crippen LogP contribution is 2.09. The SMILES string of the molecule is CC(C)(C)NC(=O)CCNCc1occc1C(=O)O. The number of rotatable bonds is 6. The third-order valence-electron chi connectivity index (χ3n) is 2.30. The van der Waals surface area contributed by atoms with Crippen LogP contribution in [0.4, 0.5) is 0 Å². The van der Waals surface area contributed by atoms with Crippen molar-refractivity contribution >= 4 is 11.9 Å². The summed E-state index contributed by atoms with van der Waals surface area (Å²) in [7, 11) is 0. The summed E-state index contributed by atoms with van der Waals surface area (Å²) < 4.78 is 5.07. The van der Waals surface area contributed by atoms with Gasteiger partial charge in [0.15, 0.2) is 0 Å². The van der Waals surface area contributed by atoms with Crippen LogP contribution in [0.25, 0.3) is 0 Å². The Morgan fingerprint density at radius 2 is 2.05 bits per heavy atom. The maximum Gasteiger partial charge on any atom is 0.339 e. The zero-order valence-electron chi connectivity index (χ0n) is 11.4. The number of hydrogen-bond acceptors (Lipinski definition) is 4. The van der Waals surface area contributed by atoms with Crippen LogP contribution < -0.4 is 10.6 Å². The van der Waals surface area contributed by atoms with Crippen LogP contribution in [0.2, 0.25) is 0 Å². The molecule has 1 aromatic rings. The zero-order chi connectivity index (χ0) is 14.5. The predicted octanol–water partition coefficient (Wildman–Crippen LogP) is 1.37. The smallest absolute Gasteiger partial charge is 0.339 e. The molecule has 0 atom stereocenters. The summed E-state index contributed by atoms with van der Waals surface area (Å²) >= 11 is 0. The first kappa shape index (κ1) is 15.2. The molecule has 1 amide bonds. The lowest BCUT2D eigenvalue weighted by Gasteiger charge is -2.20. The first-order valence-electron chi connectivity index (χ1n) is 6.11. The molecule has 19 heavy (non-hydrogen) atoms. The van der Waals surface area contributed by atoms with Gasteiger partial charge in [0.25, 0.3) is 0 Å².